The van der Waals surface area contributed by atoms with E-state index in [1.54, 1.807) is 18.2 Å². The molecular weight excluding hydrogens is 220 g/mol. The van der Waals surface area contributed by atoms with Gasteiger partial charge in [-0.3, -0.25) is 4.79 Å². The quantitative estimate of drug-likeness (QED) is 0.775. The van der Waals surface area contributed by atoms with Gasteiger partial charge in [0.25, 0.3) is 0 Å². The number of methoxy groups -OCH3 is 1. The first-order chi connectivity index (χ1) is 8.13. The van der Waals surface area contributed by atoms with Crippen molar-refractivity contribution in [3.05, 3.63) is 29.8 Å². The first-order valence-electron chi connectivity index (χ1n) is 5.38. The van der Waals surface area contributed by atoms with Crippen molar-refractivity contribution < 1.29 is 14.3 Å². The van der Waals surface area contributed by atoms with Gasteiger partial charge in [0.2, 0.25) is 5.91 Å². The van der Waals surface area contributed by atoms with Crippen LogP contribution >= 0.6 is 0 Å². The molecule has 1 aliphatic heterocycles. The second-order valence-corrected chi connectivity index (χ2v) is 3.94. The number of carbonyl (C=O) groups excluding carboxylic acids is 2. The number of esters is 1. The molecule has 1 amide bonds. The van der Waals surface area contributed by atoms with E-state index < -0.39 is 5.91 Å². The van der Waals surface area contributed by atoms with E-state index >= 15 is 0 Å². The Hall–Kier alpha value is -2.04. The van der Waals surface area contributed by atoms with Gasteiger partial charge in [-0.25, -0.2) is 4.79 Å². The summed E-state index contributed by atoms with van der Waals surface area (Å²) in [6.07, 6.45) is 0.771. The summed E-state index contributed by atoms with van der Waals surface area (Å²) in [5, 5.41) is 0. The molecule has 1 fully saturated rings. The number of carbonyl (C=O) groups is 2. The topological polar surface area (TPSA) is 72.6 Å². The van der Waals surface area contributed by atoms with Gasteiger partial charge in [-0.15, -0.1) is 0 Å². The third-order valence-electron chi connectivity index (χ3n) is 2.96. The highest BCUT2D eigenvalue weighted by molar-refractivity contribution is 5.94. The van der Waals surface area contributed by atoms with Crippen LogP contribution in [0.25, 0.3) is 0 Å². The van der Waals surface area contributed by atoms with E-state index in [2.05, 4.69) is 0 Å². The molecule has 2 rings (SSSR count). The minimum Gasteiger partial charge on any atom is -0.467 e. The van der Waals surface area contributed by atoms with Crippen molar-refractivity contribution >= 4 is 17.6 Å². The van der Waals surface area contributed by atoms with Crippen molar-refractivity contribution in [1.29, 1.82) is 0 Å². The molecule has 90 valence electrons. The van der Waals surface area contributed by atoms with Gasteiger partial charge in [0, 0.05) is 17.8 Å². The summed E-state index contributed by atoms with van der Waals surface area (Å²) in [5.74, 6) is -0.720. The molecule has 0 aliphatic carbocycles. The minimum atomic E-state index is -0.470. The van der Waals surface area contributed by atoms with E-state index in [9.17, 15) is 9.59 Å². The van der Waals surface area contributed by atoms with Gasteiger partial charge >= 0.3 is 5.97 Å². The molecule has 1 aliphatic rings. The molecule has 0 saturated carbocycles. The Morgan fingerprint density at radius 3 is 2.76 bits per heavy atom. The molecule has 0 radical (unpaired) electrons. The van der Waals surface area contributed by atoms with E-state index in [1.165, 1.54) is 7.11 Å². The molecule has 0 aromatic heterocycles. The summed E-state index contributed by atoms with van der Waals surface area (Å²) < 4.78 is 4.71. The first kappa shape index (κ1) is 11.4. The third-order valence-corrected chi connectivity index (χ3v) is 2.96. The van der Waals surface area contributed by atoms with E-state index in [0.29, 0.717) is 5.56 Å². The molecule has 5 heteroatoms. The SMILES string of the molecule is COC(=O)C1CCN1c1cccc(C(N)=O)c1. The van der Waals surface area contributed by atoms with Gasteiger partial charge in [0.05, 0.1) is 7.11 Å². The number of nitrogens with two attached hydrogens (primary N) is 1. The second-order valence-electron chi connectivity index (χ2n) is 3.94. The highest BCUT2D eigenvalue weighted by atomic mass is 16.5. The fourth-order valence-corrected chi connectivity index (χ4v) is 1.92. The molecule has 1 unspecified atom stereocenters. The zero-order valence-electron chi connectivity index (χ0n) is 9.55. The van der Waals surface area contributed by atoms with Crippen LogP contribution in [-0.4, -0.2) is 31.6 Å². The number of hydrogen-bond acceptors (Lipinski definition) is 4. The number of anilines is 1. The Bertz CT molecular complexity index is 459. The Morgan fingerprint density at radius 2 is 2.24 bits per heavy atom. The van der Waals surface area contributed by atoms with Crippen LogP contribution in [0.15, 0.2) is 24.3 Å². The summed E-state index contributed by atoms with van der Waals surface area (Å²) in [5.41, 5.74) is 6.48. The molecule has 1 aromatic rings. The van der Waals surface area contributed by atoms with Crippen molar-refractivity contribution in [3.63, 3.8) is 0 Å². The minimum absolute atomic E-state index is 0.247. The molecule has 5 nitrogen and oxygen atoms in total. The standard InChI is InChI=1S/C12H14N2O3/c1-17-12(16)10-5-6-14(10)9-4-2-3-8(7-9)11(13)15/h2-4,7,10H,5-6H2,1H3,(H2,13,15). The average molecular weight is 234 g/mol. The van der Waals surface area contributed by atoms with E-state index in [0.717, 1.165) is 18.7 Å². The van der Waals surface area contributed by atoms with Crippen LogP contribution in [0.2, 0.25) is 0 Å². The maximum Gasteiger partial charge on any atom is 0.328 e. The van der Waals surface area contributed by atoms with E-state index in [4.69, 9.17) is 10.5 Å². The van der Waals surface area contributed by atoms with E-state index in [-0.39, 0.29) is 12.0 Å². The van der Waals surface area contributed by atoms with Crippen molar-refractivity contribution in [2.75, 3.05) is 18.6 Å². The largest absolute Gasteiger partial charge is 0.467 e. The van der Waals surface area contributed by atoms with Crippen LogP contribution in [0.5, 0.6) is 0 Å². The summed E-state index contributed by atoms with van der Waals surface area (Å²) in [6.45, 7) is 0.780. The molecule has 0 bridgehead atoms. The van der Waals surface area contributed by atoms with Crippen molar-refractivity contribution in [3.8, 4) is 0 Å². The number of amides is 1. The van der Waals surface area contributed by atoms with Crippen LogP contribution in [0.3, 0.4) is 0 Å². The number of ether oxygens (including phenoxy) is 1. The Labute approximate surface area is 99.2 Å². The smallest absolute Gasteiger partial charge is 0.328 e. The highest BCUT2D eigenvalue weighted by Gasteiger charge is 2.35. The zero-order chi connectivity index (χ0) is 12.4. The predicted molar refractivity (Wildman–Crippen MR) is 62.7 cm³/mol. The molecule has 2 N–H and O–H groups in total. The van der Waals surface area contributed by atoms with Gasteiger partial charge < -0.3 is 15.4 Å². The maximum atomic E-state index is 11.4. The molecule has 1 aromatic carbocycles. The second kappa shape index (κ2) is 4.45. The monoisotopic (exact) mass is 234 g/mol. The predicted octanol–water partition coefficient (Wildman–Crippen LogP) is 0.537. The van der Waals surface area contributed by atoms with Gasteiger partial charge in [0.1, 0.15) is 6.04 Å². The molecule has 1 atom stereocenters. The van der Waals surface area contributed by atoms with Gasteiger partial charge in [0.15, 0.2) is 0 Å². The van der Waals surface area contributed by atoms with Crippen molar-refractivity contribution in [2.24, 2.45) is 5.73 Å². The lowest BCUT2D eigenvalue weighted by atomic mass is 10.0. The highest BCUT2D eigenvalue weighted by Crippen LogP contribution is 2.27. The fourth-order valence-electron chi connectivity index (χ4n) is 1.92. The van der Waals surface area contributed by atoms with Gasteiger partial charge in [-0.1, -0.05) is 6.07 Å². The molecular formula is C12H14N2O3. The number of rotatable bonds is 3. The normalized spacial score (nSPS) is 18.4. The van der Waals surface area contributed by atoms with Gasteiger partial charge in [-0.2, -0.15) is 0 Å². The first-order valence-corrected chi connectivity index (χ1v) is 5.38. The zero-order valence-corrected chi connectivity index (χ0v) is 9.55. The molecule has 17 heavy (non-hydrogen) atoms. The van der Waals surface area contributed by atoms with Crippen molar-refractivity contribution in [2.45, 2.75) is 12.5 Å². The Balaban J connectivity index is 2.20. The number of hydrogen-bond donors (Lipinski definition) is 1. The molecule has 1 saturated heterocycles. The lowest BCUT2D eigenvalue weighted by Gasteiger charge is -2.40. The summed E-state index contributed by atoms with van der Waals surface area (Å²) in [6, 6.07) is 6.70. The average Bonchev–Trinajstić information content (AvgIpc) is 2.27. The van der Waals surface area contributed by atoms with Crippen LogP contribution in [-0.2, 0) is 9.53 Å². The van der Waals surface area contributed by atoms with Crippen molar-refractivity contribution in [1.82, 2.24) is 0 Å². The summed E-state index contributed by atoms with van der Waals surface area (Å²) >= 11 is 0. The summed E-state index contributed by atoms with van der Waals surface area (Å²) in [4.78, 5) is 24.4. The number of primary amides is 1. The molecule has 1 heterocycles. The summed E-state index contributed by atoms with van der Waals surface area (Å²) in [7, 11) is 1.37. The van der Waals surface area contributed by atoms with Crippen LogP contribution < -0.4 is 10.6 Å². The lowest BCUT2D eigenvalue weighted by Crippen LogP contribution is -2.53. The van der Waals surface area contributed by atoms with Crippen LogP contribution in [0.1, 0.15) is 16.8 Å². The van der Waals surface area contributed by atoms with E-state index in [1.807, 2.05) is 11.0 Å². The maximum absolute atomic E-state index is 11.4. The Morgan fingerprint density at radius 1 is 1.47 bits per heavy atom. The third kappa shape index (κ3) is 2.08. The fraction of sp³-hybridized carbons (Fsp3) is 0.333. The lowest BCUT2D eigenvalue weighted by molar-refractivity contribution is -0.143. The number of nitrogens with zero attached hydrogens (tertiary/aromatic N) is 1. The number of benzene rings is 1. The van der Waals surface area contributed by atoms with Gasteiger partial charge in [-0.05, 0) is 24.6 Å². The molecule has 0 spiro atoms. The van der Waals surface area contributed by atoms with Crippen LogP contribution in [0, 0.1) is 0 Å². The Kier molecular flexibility index (Phi) is 2.99. The van der Waals surface area contributed by atoms with Crippen LogP contribution in [0.4, 0.5) is 5.69 Å².